The third-order valence-electron chi connectivity index (χ3n) is 4.13. The molecule has 2 aromatic carbocycles. The smallest absolute Gasteiger partial charge is 0.125 e. The number of ether oxygens (including phenoxy) is 1. The lowest BCUT2D eigenvalue weighted by Crippen LogP contribution is -2.17. The van der Waals surface area contributed by atoms with Crippen LogP contribution in [0.1, 0.15) is 35.4 Å². The second-order valence-electron chi connectivity index (χ2n) is 5.51. The number of halogens is 1. The van der Waals surface area contributed by atoms with Gasteiger partial charge in [-0.05, 0) is 48.6 Å². The minimum Gasteiger partial charge on any atom is -0.493 e. The van der Waals surface area contributed by atoms with E-state index in [1.807, 2.05) is 0 Å². The van der Waals surface area contributed by atoms with E-state index in [1.165, 1.54) is 29.7 Å². The number of aliphatic hydroxyl groups is 1. The number of aliphatic hydroxyl groups excluding tert-OH is 1. The standard InChI is InChI=1S/C18H19FO2/c19-16-8-9-18(15(10-16)11-20)21-12-14-6-3-5-13-4-1-2-7-17(13)14/h1-2,4,7-10,14,20H,3,5-6,11-12H2. The summed E-state index contributed by atoms with van der Waals surface area (Å²) in [4.78, 5) is 0. The van der Waals surface area contributed by atoms with Gasteiger partial charge in [0.05, 0.1) is 13.2 Å². The normalized spacial score (nSPS) is 17.3. The molecular formula is C18H19FO2. The third-order valence-corrected chi connectivity index (χ3v) is 4.13. The molecule has 1 aliphatic carbocycles. The highest BCUT2D eigenvalue weighted by Crippen LogP contribution is 2.32. The van der Waals surface area contributed by atoms with Crippen LogP contribution in [-0.4, -0.2) is 11.7 Å². The van der Waals surface area contributed by atoms with Crippen molar-refractivity contribution in [2.24, 2.45) is 0 Å². The fourth-order valence-electron chi connectivity index (χ4n) is 3.03. The second-order valence-corrected chi connectivity index (χ2v) is 5.51. The molecule has 0 saturated heterocycles. The Hall–Kier alpha value is -1.87. The van der Waals surface area contributed by atoms with E-state index in [0.717, 1.165) is 12.8 Å². The maximum absolute atomic E-state index is 13.2. The van der Waals surface area contributed by atoms with Crippen molar-refractivity contribution in [1.29, 1.82) is 0 Å². The molecule has 0 bridgehead atoms. The Bertz CT molecular complexity index is 624. The number of hydrogen-bond donors (Lipinski definition) is 1. The third kappa shape index (κ3) is 3.08. The van der Waals surface area contributed by atoms with Crippen molar-refractivity contribution in [2.45, 2.75) is 31.8 Å². The average Bonchev–Trinajstić information content (AvgIpc) is 2.53. The molecule has 3 heteroatoms. The van der Waals surface area contributed by atoms with Crippen molar-refractivity contribution < 1.29 is 14.2 Å². The van der Waals surface area contributed by atoms with Crippen molar-refractivity contribution in [3.05, 3.63) is 65.0 Å². The molecule has 1 aliphatic rings. The van der Waals surface area contributed by atoms with Crippen molar-refractivity contribution in [2.75, 3.05) is 6.61 Å². The number of hydrogen-bond acceptors (Lipinski definition) is 2. The maximum atomic E-state index is 13.2. The zero-order chi connectivity index (χ0) is 14.7. The fraction of sp³-hybridized carbons (Fsp3) is 0.333. The number of benzene rings is 2. The quantitative estimate of drug-likeness (QED) is 0.926. The van der Waals surface area contributed by atoms with Crippen LogP contribution in [0.5, 0.6) is 5.75 Å². The molecule has 0 aromatic heterocycles. The Morgan fingerprint density at radius 3 is 2.90 bits per heavy atom. The summed E-state index contributed by atoms with van der Waals surface area (Å²) in [6.45, 7) is 0.351. The van der Waals surface area contributed by atoms with E-state index < -0.39 is 0 Å². The summed E-state index contributed by atoms with van der Waals surface area (Å²) in [6, 6.07) is 12.8. The predicted molar refractivity (Wildman–Crippen MR) is 79.9 cm³/mol. The van der Waals surface area contributed by atoms with Gasteiger partial charge in [0.2, 0.25) is 0 Å². The van der Waals surface area contributed by atoms with Gasteiger partial charge in [0.15, 0.2) is 0 Å². The molecule has 21 heavy (non-hydrogen) atoms. The zero-order valence-electron chi connectivity index (χ0n) is 11.9. The van der Waals surface area contributed by atoms with Gasteiger partial charge in [-0.1, -0.05) is 24.3 Å². The average molecular weight is 286 g/mol. The molecule has 1 unspecified atom stereocenters. The van der Waals surface area contributed by atoms with E-state index >= 15 is 0 Å². The Kier molecular flexibility index (Phi) is 4.20. The van der Waals surface area contributed by atoms with Gasteiger partial charge in [-0.2, -0.15) is 0 Å². The summed E-state index contributed by atoms with van der Waals surface area (Å²) in [5.41, 5.74) is 3.26. The van der Waals surface area contributed by atoms with E-state index in [4.69, 9.17) is 4.74 Å². The zero-order valence-corrected chi connectivity index (χ0v) is 11.9. The summed E-state index contributed by atoms with van der Waals surface area (Å²) in [5.74, 6) is 0.586. The molecule has 1 atom stereocenters. The summed E-state index contributed by atoms with van der Waals surface area (Å²) < 4.78 is 19.0. The van der Waals surface area contributed by atoms with Crippen molar-refractivity contribution >= 4 is 0 Å². The molecule has 2 aromatic rings. The van der Waals surface area contributed by atoms with Crippen molar-refractivity contribution in [1.82, 2.24) is 0 Å². The Morgan fingerprint density at radius 2 is 2.05 bits per heavy atom. The molecule has 1 N–H and O–H groups in total. The van der Waals surface area contributed by atoms with E-state index in [2.05, 4.69) is 24.3 Å². The van der Waals surface area contributed by atoms with Gasteiger partial charge in [0.1, 0.15) is 11.6 Å². The van der Waals surface area contributed by atoms with Crippen LogP contribution < -0.4 is 4.74 Å². The van der Waals surface area contributed by atoms with Crippen molar-refractivity contribution in [3.8, 4) is 5.75 Å². The Morgan fingerprint density at radius 1 is 1.19 bits per heavy atom. The SMILES string of the molecule is OCc1cc(F)ccc1OCC1CCCc2ccccc21. The lowest BCUT2D eigenvalue weighted by molar-refractivity contribution is 0.247. The molecule has 0 saturated carbocycles. The van der Waals surface area contributed by atoms with Gasteiger partial charge in [-0.3, -0.25) is 0 Å². The molecule has 2 nitrogen and oxygen atoms in total. The second kappa shape index (κ2) is 6.27. The fourth-order valence-corrected chi connectivity index (χ4v) is 3.03. The minimum absolute atomic E-state index is 0.214. The Balaban J connectivity index is 1.74. The molecule has 0 radical (unpaired) electrons. The van der Waals surface area contributed by atoms with Gasteiger partial charge >= 0.3 is 0 Å². The van der Waals surface area contributed by atoms with Crippen molar-refractivity contribution in [3.63, 3.8) is 0 Å². The minimum atomic E-state index is -0.352. The number of fused-ring (bicyclic) bond motifs is 1. The Labute approximate surface area is 124 Å². The first-order chi connectivity index (χ1) is 10.3. The molecule has 3 rings (SSSR count). The first kappa shape index (κ1) is 14.1. The summed E-state index contributed by atoms with van der Waals surface area (Å²) in [7, 11) is 0. The van der Waals surface area contributed by atoms with E-state index in [9.17, 15) is 9.50 Å². The summed E-state index contributed by atoms with van der Waals surface area (Å²) >= 11 is 0. The highest BCUT2D eigenvalue weighted by molar-refractivity contribution is 5.35. The van der Waals surface area contributed by atoms with Gasteiger partial charge in [-0.15, -0.1) is 0 Å². The lowest BCUT2D eigenvalue weighted by Gasteiger charge is -2.25. The summed E-state index contributed by atoms with van der Waals surface area (Å²) in [5, 5.41) is 9.29. The molecule has 0 aliphatic heterocycles. The van der Waals surface area contributed by atoms with Crippen LogP contribution in [0.15, 0.2) is 42.5 Å². The molecule has 0 amide bonds. The van der Waals surface area contributed by atoms with E-state index in [0.29, 0.717) is 23.8 Å². The van der Waals surface area contributed by atoms with E-state index in [1.54, 1.807) is 6.07 Å². The highest BCUT2D eigenvalue weighted by atomic mass is 19.1. The molecule has 110 valence electrons. The molecule has 0 fully saturated rings. The molecule has 0 heterocycles. The largest absolute Gasteiger partial charge is 0.493 e. The molecule has 0 spiro atoms. The van der Waals surface area contributed by atoms with Crippen LogP contribution in [0.3, 0.4) is 0 Å². The number of rotatable bonds is 4. The lowest BCUT2D eigenvalue weighted by atomic mass is 9.83. The van der Waals surface area contributed by atoms with Crippen LogP contribution in [0, 0.1) is 5.82 Å². The van der Waals surface area contributed by atoms with Crippen LogP contribution in [0.2, 0.25) is 0 Å². The van der Waals surface area contributed by atoms with Crippen LogP contribution >= 0.6 is 0 Å². The van der Waals surface area contributed by atoms with Gasteiger partial charge in [0, 0.05) is 11.5 Å². The van der Waals surface area contributed by atoms with Gasteiger partial charge < -0.3 is 9.84 Å². The predicted octanol–water partition coefficient (Wildman–Crippen LogP) is 3.82. The van der Waals surface area contributed by atoms with Crippen LogP contribution in [0.4, 0.5) is 4.39 Å². The maximum Gasteiger partial charge on any atom is 0.125 e. The molecular weight excluding hydrogens is 267 g/mol. The van der Waals surface area contributed by atoms with Gasteiger partial charge in [0.25, 0.3) is 0 Å². The van der Waals surface area contributed by atoms with Crippen LogP contribution in [0.25, 0.3) is 0 Å². The monoisotopic (exact) mass is 286 g/mol. The summed E-state index contributed by atoms with van der Waals surface area (Å²) in [6.07, 6.45) is 3.40. The highest BCUT2D eigenvalue weighted by Gasteiger charge is 2.20. The first-order valence-electron chi connectivity index (χ1n) is 7.38. The van der Waals surface area contributed by atoms with Crippen LogP contribution in [-0.2, 0) is 13.0 Å². The van der Waals surface area contributed by atoms with Gasteiger partial charge in [-0.25, -0.2) is 4.39 Å². The van der Waals surface area contributed by atoms with E-state index in [-0.39, 0.29) is 12.4 Å². The first-order valence-corrected chi connectivity index (χ1v) is 7.38. The topological polar surface area (TPSA) is 29.5 Å². The number of aryl methyl sites for hydroxylation is 1.